The Labute approximate surface area is 114 Å². The van der Waals surface area contributed by atoms with Gasteiger partial charge in [0.05, 0.1) is 18.4 Å². The van der Waals surface area contributed by atoms with Crippen molar-refractivity contribution in [2.45, 2.75) is 13.5 Å². The zero-order valence-corrected chi connectivity index (χ0v) is 11.6. The Morgan fingerprint density at radius 3 is 2.83 bits per heavy atom. The summed E-state index contributed by atoms with van der Waals surface area (Å²) in [6.45, 7) is 3.22. The summed E-state index contributed by atoms with van der Waals surface area (Å²) >= 11 is 3.46. The van der Waals surface area contributed by atoms with Gasteiger partial charge in [-0.3, -0.25) is 4.79 Å². The molecule has 1 heterocycles. The van der Waals surface area contributed by atoms with Gasteiger partial charge in [0, 0.05) is 17.1 Å². The van der Waals surface area contributed by atoms with Gasteiger partial charge in [0.25, 0.3) is 5.56 Å². The second kappa shape index (κ2) is 5.82. The predicted molar refractivity (Wildman–Crippen MR) is 75.9 cm³/mol. The van der Waals surface area contributed by atoms with Crippen molar-refractivity contribution in [3.05, 3.63) is 56.9 Å². The van der Waals surface area contributed by atoms with Gasteiger partial charge in [-0.15, -0.1) is 0 Å². The third-order valence-electron chi connectivity index (χ3n) is 2.53. The SMILES string of the molecule is CCNc1cnn(Cc2ccccc2Br)c(=O)c1. The lowest BCUT2D eigenvalue weighted by atomic mass is 10.2. The molecule has 1 aromatic heterocycles. The average Bonchev–Trinajstić information content (AvgIpc) is 2.35. The fourth-order valence-electron chi connectivity index (χ4n) is 1.64. The normalized spacial score (nSPS) is 10.3. The van der Waals surface area contributed by atoms with E-state index in [2.05, 4.69) is 26.3 Å². The number of benzene rings is 1. The van der Waals surface area contributed by atoms with Gasteiger partial charge < -0.3 is 5.32 Å². The van der Waals surface area contributed by atoms with Gasteiger partial charge in [-0.05, 0) is 18.6 Å². The minimum Gasteiger partial charge on any atom is -0.384 e. The van der Waals surface area contributed by atoms with Crippen molar-refractivity contribution in [2.24, 2.45) is 0 Å². The number of hydrogen-bond acceptors (Lipinski definition) is 3. The van der Waals surface area contributed by atoms with E-state index < -0.39 is 0 Å². The van der Waals surface area contributed by atoms with Crippen LogP contribution in [0.3, 0.4) is 0 Å². The highest BCUT2D eigenvalue weighted by Crippen LogP contribution is 2.16. The smallest absolute Gasteiger partial charge is 0.269 e. The first-order valence-electron chi connectivity index (χ1n) is 5.75. The molecule has 2 aromatic rings. The summed E-state index contributed by atoms with van der Waals surface area (Å²) in [5.41, 5.74) is 1.68. The highest BCUT2D eigenvalue weighted by molar-refractivity contribution is 9.10. The molecule has 0 radical (unpaired) electrons. The first-order chi connectivity index (χ1) is 8.70. The summed E-state index contributed by atoms with van der Waals surface area (Å²) in [6, 6.07) is 9.37. The Bertz CT molecular complexity index is 595. The van der Waals surface area contributed by atoms with E-state index in [4.69, 9.17) is 0 Å². The molecule has 0 spiro atoms. The molecule has 0 saturated carbocycles. The average molecular weight is 308 g/mol. The standard InChI is InChI=1S/C13H14BrN3O/c1-2-15-11-7-13(18)17(16-8-11)9-10-5-3-4-6-12(10)14/h3-8,15H,2,9H2,1H3. The van der Waals surface area contributed by atoms with E-state index in [9.17, 15) is 4.79 Å². The Morgan fingerprint density at radius 1 is 1.39 bits per heavy atom. The highest BCUT2D eigenvalue weighted by Gasteiger charge is 2.03. The number of hydrogen-bond donors (Lipinski definition) is 1. The molecule has 0 saturated heterocycles. The zero-order valence-electron chi connectivity index (χ0n) is 10.1. The number of nitrogens with one attached hydrogen (secondary N) is 1. The summed E-state index contributed by atoms with van der Waals surface area (Å²) in [5.74, 6) is 0. The van der Waals surface area contributed by atoms with Crippen molar-refractivity contribution in [1.82, 2.24) is 9.78 Å². The lowest BCUT2D eigenvalue weighted by molar-refractivity contribution is 0.638. The van der Waals surface area contributed by atoms with Crippen LogP contribution in [-0.2, 0) is 6.54 Å². The molecule has 0 bridgehead atoms. The fraction of sp³-hybridized carbons (Fsp3) is 0.231. The van der Waals surface area contributed by atoms with Crippen molar-refractivity contribution in [1.29, 1.82) is 0 Å². The van der Waals surface area contributed by atoms with Gasteiger partial charge >= 0.3 is 0 Å². The van der Waals surface area contributed by atoms with E-state index in [1.807, 2.05) is 31.2 Å². The van der Waals surface area contributed by atoms with Crippen molar-refractivity contribution < 1.29 is 0 Å². The van der Waals surface area contributed by atoms with E-state index in [0.717, 1.165) is 22.3 Å². The van der Waals surface area contributed by atoms with E-state index in [-0.39, 0.29) is 5.56 Å². The minimum atomic E-state index is -0.107. The van der Waals surface area contributed by atoms with Gasteiger partial charge in [-0.1, -0.05) is 34.1 Å². The summed E-state index contributed by atoms with van der Waals surface area (Å²) in [4.78, 5) is 11.9. The van der Waals surface area contributed by atoms with Crippen LogP contribution in [0.15, 0.2) is 45.8 Å². The van der Waals surface area contributed by atoms with Crippen molar-refractivity contribution in [3.63, 3.8) is 0 Å². The minimum absolute atomic E-state index is 0.107. The molecule has 0 unspecified atom stereocenters. The zero-order chi connectivity index (χ0) is 13.0. The molecule has 94 valence electrons. The number of nitrogens with zero attached hydrogens (tertiary/aromatic N) is 2. The molecule has 18 heavy (non-hydrogen) atoms. The van der Waals surface area contributed by atoms with Crippen LogP contribution in [0.25, 0.3) is 0 Å². The van der Waals surface area contributed by atoms with Crippen molar-refractivity contribution in [2.75, 3.05) is 11.9 Å². The van der Waals surface area contributed by atoms with Crippen LogP contribution in [0.5, 0.6) is 0 Å². The van der Waals surface area contributed by atoms with Crippen molar-refractivity contribution in [3.8, 4) is 0 Å². The lowest BCUT2D eigenvalue weighted by Crippen LogP contribution is -2.23. The monoisotopic (exact) mass is 307 g/mol. The molecule has 0 atom stereocenters. The van der Waals surface area contributed by atoms with E-state index in [1.54, 1.807) is 12.3 Å². The highest BCUT2D eigenvalue weighted by atomic mass is 79.9. The van der Waals surface area contributed by atoms with E-state index in [0.29, 0.717) is 6.54 Å². The Hall–Kier alpha value is -1.62. The Kier molecular flexibility index (Phi) is 4.15. The van der Waals surface area contributed by atoms with Crippen LogP contribution < -0.4 is 10.9 Å². The molecular formula is C13H14BrN3O. The molecule has 1 aromatic carbocycles. The molecule has 0 aliphatic heterocycles. The molecule has 0 aliphatic rings. The summed E-state index contributed by atoms with van der Waals surface area (Å²) in [5, 5.41) is 7.22. The third-order valence-corrected chi connectivity index (χ3v) is 3.30. The van der Waals surface area contributed by atoms with Gasteiger partial charge in [0.15, 0.2) is 0 Å². The number of halogens is 1. The van der Waals surface area contributed by atoms with Gasteiger partial charge in [-0.25, -0.2) is 4.68 Å². The van der Waals surface area contributed by atoms with Crippen molar-refractivity contribution >= 4 is 21.6 Å². The summed E-state index contributed by atoms with van der Waals surface area (Å²) < 4.78 is 2.43. The molecule has 0 aliphatic carbocycles. The van der Waals surface area contributed by atoms with Crippen LogP contribution in [0, 0.1) is 0 Å². The number of rotatable bonds is 4. The molecule has 2 rings (SSSR count). The fourth-order valence-corrected chi connectivity index (χ4v) is 2.05. The van der Waals surface area contributed by atoms with E-state index >= 15 is 0 Å². The molecule has 0 amide bonds. The van der Waals surface area contributed by atoms with E-state index in [1.165, 1.54) is 4.68 Å². The molecule has 0 fully saturated rings. The van der Waals surface area contributed by atoms with Gasteiger partial charge in [0.2, 0.25) is 0 Å². The summed E-state index contributed by atoms with van der Waals surface area (Å²) in [7, 11) is 0. The molecule has 5 heteroatoms. The Balaban J connectivity index is 2.25. The number of aromatic nitrogens is 2. The lowest BCUT2D eigenvalue weighted by Gasteiger charge is -2.08. The predicted octanol–water partition coefficient (Wildman–Crippen LogP) is 2.49. The second-order valence-corrected chi connectivity index (χ2v) is 4.72. The maximum absolute atomic E-state index is 11.9. The van der Waals surface area contributed by atoms with Gasteiger partial charge in [0.1, 0.15) is 0 Å². The largest absolute Gasteiger partial charge is 0.384 e. The van der Waals surface area contributed by atoms with Crippen LogP contribution in [0.1, 0.15) is 12.5 Å². The molecule has 4 nitrogen and oxygen atoms in total. The first kappa shape index (κ1) is 12.8. The van der Waals surface area contributed by atoms with Crippen LogP contribution in [-0.4, -0.2) is 16.3 Å². The summed E-state index contributed by atoms with van der Waals surface area (Å²) in [6.07, 6.45) is 1.67. The maximum atomic E-state index is 11.9. The third kappa shape index (κ3) is 2.98. The Morgan fingerprint density at radius 2 is 2.17 bits per heavy atom. The topological polar surface area (TPSA) is 46.9 Å². The molecule has 1 N–H and O–H groups in total. The number of anilines is 1. The van der Waals surface area contributed by atoms with Crippen LogP contribution in [0.4, 0.5) is 5.69 Å². The maximum Gasteiger partial charge on any atom is 0.269 e. The van der Waals surface area contributed by atoms with Crippen LogP contribution >= 0.6 is 15.9 Å². The van der Waals surface area contributed by atoms with Crippen LogP contribution in [0.2, 0.25) is 0 Å². The first-order valence-corrected chi connectivity index (χ1v) is 6.54. The second-order valence-electron chi connectivity index (χ2n) is 3.86. The van der Waals surface area contributed by atoms with Gasteiger partial charge in [-0.2, -0.15) is 5.10 Å². The molecular weight excluding hydrogens is 294 g/mol. The quantitative estimate of drug-likeness (QED) is 0.944.